The number of alkyl halides is 1. The van der Waals surface area contributed by atoms with E-state index in [4.69, 9.17) is 0 Å². The average Bonchev–Trinajstić information content (AvgIpc) is 2.79. The summed E-state index contributed by atoms with van der Waals surface area (Å²) in [7, 11) is 0. The number of ketones is 1. The van der Waals surface area contributed by atoms with Crippen LogP contribution < -0.4 is 4.90 Å². The summed E-state index contributed by atoms with van der Waals surface area (Å²) in [5.41, 5.74) is 1.11. The molecule has 0 saturated carbocycles. The van der Waals surface area contributed by atoms with E-state index in [9.17, 15) is 18.8 Å². The summed E-state index contributed by atoms with van der Waals surface area (Å²) in [4.78, 5) is 37.5. The Morgan fingerprint density at radius 2 is 1.73 bits per heavy atom. The lowest BCUT2D eigenvalue weighted by Gasteiger charge is -2.16. The van der Waals surface area contributed by atoms with E-state index >= 15 is 0 Å². The van der Waals surface area contributed by atoms with E-state index in [0.29, 0.717) is 24.0 Å². The second-order valence-corrected chi connectivity index (χ2v) is 5.89. The van der Waals surface area contributed by atoms with Gasteiger partial charge in [0.1, 0.15) is 5.82 Å². The molecule has 0 saturated heterocycles. The normalized spacial score (nSPS) is 18.0. The van der Waals surface area contributed by atoms with Crippen molar-refractivity contribution < 1.29 is 18.8 Å². The summed E-state index contributed by atoms with van der Waals surface area (Å²) >= 11 is 3.05. The maximum atomic E-state index is 14.1. The van der Waals surface area contributed by atoms with Crippen LogP contribution in [0.15, 0.2) is 29.3 Å². The Labute approximate surface area is 135 Å². The molecule has 114 valence electrons. The topological polar surface area (TPSA) is 54.5 Å². The summed E-state index contributed by atoms with van der Waals surface area (Å²) in [6.07, 6.45) is 2.82. The third-order valence-corrected chi connectivity index (χ3v) is 4.53. The van der Waals surface area contributed by atoms with Crippen molar-refractivity contribution in [1.29, 1.82) is 0 Å². The molecule has 2 amide bonds. The lowest BCUT2D eigenvalue weighted by atomic mass is 9.93. The molecule has 0 bridgehead atoms. The van der Waals surface area contributed by atoms with Crippen LogP contribution >= 0.6 is 15.9 Å². The summed E-state index contributed by atoms with van der Waals surface area (Å²) in [5.74, 6) is -1.84. The maximum Gasteiger partial charge on any atom is 0.261 e. The number of carbonyl (C=O) groups is 3. The van der Waals surface area contributed by atoms with Crippen molar-refractivity contribution >= 4 is 39.2 Å². The van der Waals surface area contributed by atoms with Crippen molar-refractivity contribution in [1.82, 2.24) is 0 Å². The van der Waals surface area contributed by atoms with E-state index in [1.54, 1.807) is 0 Å². The number of amides is 2. The quantitative estimate of drug-likeness (QED) is 0.469. The highest BCUT2D eigenvalue weighted by Crippen LogP contribution is 2.36. The molecule has 0 atom stereocenters. The monoisotopic (exact) mass is 365 g/mol. The minimum absolute atomic E-state index is 0.0920. The fourth-order valence-corrected chi connectivity index (χ4v) is 3.22. The molecule has 1 heterocycles. The summed E-state index contributed by atoms with van der Waals surface area (Å²) in [5, 5.41) is 0.0920. The van der Waals surface area contributed by atoms with Gasteiger partial charge in [-0.15, -0.1) is 0 Å². The van der Waals surface area contributed by atoms with Crippen LogP contribution in [0.5, 0.6) is 0 Å². The van der Waals surface area contributed by atoms with Gasteiger partial charge in [0.25, 0.3) is 11.8 Å². The van der Waals surface area contributed by atoms with Crippen LogP contribution in [-0.2, 0) is 9.59 Å². The van der Waals surface area contributed by atoms with Gasteiger partial charge in [-0.1, -0.05) is 15.9 Å². The molecule has 1 aromatic carbocycles. The van der Waals surface area contributed by atoms with Gasteiger partial charge >= 0.3 is 0 Å². The molecule has 3 rings (SSSR count). The Bertz CT molecular complexity index is 698. The standard InChI is InChI=1S/C16H13BrFNO3/c17-8-14(20)9-5-6-12(18)13(7-9)19-15(21)10-3-1-2-4-11(10)16(19)22/h5-7H,1-4,8H2. The number of nitrogens with zero attached hydrogens (tertiary/aromatic N) is 1. The van der Waals surface area contributed by atoms with E-state index in [2.05, 4.69) is 15.9 Å². The molecule has 0 radical (unpaired) electrons. The highest BCUT2D eigenvalue weighted by molar-refractivity contribution is 9.09. The zero-order valence-electron chi connectivity index (χ0n) is 11.7. The first kappa shape index (κ1) is 15.1. The third-order valence-electron chi connectivity index (χ3n) is 4.02. The SMILES string of the molecule is O=C(CBr)c1ccc(F)c(N2C(=O)C3=C(CCCC3)C2=O)c1. The van der Waals surface area contributed by atoms with Gasteiger partial charge in [0.15, 0.2) is 5.78 Å². The fourth-order valence-electron chi connectivity index (χ4n) is 2.89. The van der Waals surface area contributed by atoms with Crippen molar-refractivity contribution in [3.63, 3.8) is 0 Å². The van der Waals surface area contributed by atoms with Gasteiger partial charge in [-0.25, -0.2) is 9.29 Å². The third kappa shape index (κ3) is 2.31. The maximum absolute atomic E-state index is 14.1. The largest absolute Gasteiger partial charge is 0.293 e. The van der Waals surface area contributed by atoms with E-state index in [-0.39, 0.29) is 22.4 Å². The molecule has 0 aromatic heterocycles. The Hall–Kier alpha value is -1.82. The zero-order valence-corrected chi connectivity index (χ0v) is 13.3. The Balaban J connectivity index is 2.03. The zero-order chi connectivity index (χ0) is 15.9. The van der Waals surface area contributed by atoms with E-state index in [1.807, 2.05) is 0 Å². The predicted octanol–water partition coefficient (Wildman–Crippen LogP) is 3.15. The van der Waals surface area contributed by atoms with Crippen molar-refractivity contribution in [2.24, 2.45) is 0 Å². The van der Waals surface area contributed by atoms with Crippen LogP contribution in [0.25, 0.3) is 0 Å². The molecule has 0 fully saturated rings. The van der Waals surface area contributed by atoms with Crippen molar-refractivity contribution in [2.75, 3.05) is 10.2 Å². The number of hydrogen-bond acceptors (Lipinski definition) is 3. The number of Topliss-reactive ketones (excluding diaryl/α,β-unsaturated/α-hetero) is 1. The second kappa shape index (κ2) is 5.76. The lowest BCUT2D eigenvalue weighted by Crippen LogP contribution is -2.32. The average molecular weight is 366 g/mol. The van der Waals surface area contributed by atoms with Crippen LogP contribution in [0.3, 0.4) is 0 Å². The number of halogens is 2. The molecule has 0 N–H and O–H groups in total. The molecule has 2 aliphatic rings. The molecule has 22 heavy (non-hydrogen) atoms. The Kier molecular flexibility index (Phi) is 3.95. The summed E-state index contributed by atoms with van der Waals surface area (Å²) in [6, 6.07) is 3.73. The number of benzene rings is 1. The van der Waals surface area contributed by atoms with Crippen LogP contribution in [0, 0.1) is 5.82 Å². The first-order valence-corrected chi connectivity index (χ1v) is 8.16. The van der Waals surface area contributed by atoms with Gasteiger partial charge in [-0.2, -0.15) is 0 Å². The summed E-state index contributed by atoms with van der Waals surface area (Å²) in [6.45, 7) is 0. The number of carbonyl (C=O) groups excluding carboxylic acids is 3. The van der Waals surface area contributed by atoms with Crippen LogP contribution in [0.4, 0.5) is 10.1 Å². The minimum atomic E-state index is -0.687. The van der Waals surface area contributed by atoms with E-state index in [1.165, 1.54) is 12.1 Å². The number of imide groups is 1. The Morgan fingerprint density at radius 1 is 1.14 bits per heavy atom. The van der Waals surface area contributed by atoms with Crippen LogP contribution in [-0.4, -0.2) is 22.9 Å². The van der Waals surface area contributed by atoms with Gasteiger partial charge in [-0.05, 0) is 43.9 Å². The molecule has 1 aromatic rings. The van der Waals surface area contributed by atoms with Crippen molar-refractivity contribution in [3.8, 4) is 0 Å². The van der Waals surface area contributed by atoms with Gasteiger partial charge in [0, 0.05) is 16.7 Å². The molecular weight excluding hydrogens is 353 g/mol. The molecule has 4 nitrogen and oxygen atoms in total. The number of anilines is 1. The van der Waals surface area contributed by atoms with E-state index in [0.717, 1.165) is 23.8 Å². The fraction of sp³-hybridized carbons (Fsp3) is 0.312. The van der Waals surface area contributed by atoms with Gasteiger partial charge < -0.3 is 0 Å². The lowest BCUT2D eigenvalue weighted by molar-refractivity contribution is -0.120. The summed E-state index contributed by atoms with van der Waals surface area (Å²) < 4.78 is 14.1. The van der Waals surface area contributed by atoms with Crippen molar-refractivity contribution in [3.05, 3.63) is 40.7 Å². The second-order valence-electron chi connectivity index (χ2n) is 5.33. The number of rotatable bonds is 3. The molecular formula is C16H13BrFNO3. The first-order valence-electron chi connectivity index (χ1n) is 7.04. The predicted molar refractivity (Wildman–Crippen MR) is 82.5 cm³/mol. The highest BCUT2D eigenvalue weighted by atomic mass is 79.9. The van der Waals surface area contributed by atoms with Gasteiger partial charge in [0.05, 0.1) is 11.0 Å². The van der Waals surface area contributed by atoms with Crippen molar-refractivity contribution in [2.45, 2.75) is 25.7 Å². The molecule has 1 aliphatic carbocycles. The first-order chi connectivity index (χ1) is 10.5. The Morgan fingerprint density at radius 3 is 2.27 bits per heavy atom. The molecule has 6 heteroatoms. The van der Waals surface area contributed by atoms with Crippen LogP contribution in [0.2, 0.25) is 0 Å². The molecule has 1 aliphatic heterocycles. The smallest absolute Gasteiger partial charge is 0.261 e. The molecule has 0 spiro atoms. The molecule has 0 unspecified atom stereocenters. The minimum Gasteiger partial charge on any atom is -0.293 e. The number of hydrogen-bond donors (Lipinski definition) is 0. The highest BCUT2D eigenvalue weighted by Gasteiger charge is 2.40. The van der Waals surface area contributed by atoms with Gasteiger partial charge in [-0.3, -0.25) is 14.4 Å². The van der Waals surface area contributed by atoms with Crippen LogP contribution in [0.1, 0.15) is 36.0 Å². The van der Waals surface area contributed by atoms with Gasteiger partial charge in [0.2, 0.25) is 0 Å². The van der Waals surface area contributed by atoms with E-state index < -0.39 is 17.6 Å².